The van der Waals surface area contributed by atoms with Crippen LogP contribution in [0.15, 0.2) is 22.7 Å². The molecule has 3 rings (SSSR count). The van der Waals surface area contributed by atoms with Gasteiger partial charge in [-0.1, -0.05) is 34.4 Å². The van der Waals surface area contributed by atoms with Gasteiger partial charge in [-0.15, -0.1) is 0 Å². The SMILES string of the molecule is Clc1ccc(Cc2noc(CC3CNC3)n2)cc1Cl. The molecule has 0 radical (unpaired) electrons. The molecular formula is C13H13Cl2N3O. The maximum atomic E-state index is 5.98. The number of hydrogen-bond donors (Lipinski definition) is 1. The summed E-state index contributed by atoms with van der Waals surface area (Å²) in [7, 11) is 0. The van der Waals surface area contributed by atoms with Gasteiger partial charge in [-0.25, -0.2) is 0 Å². The second-order valence-electron chi connectivity index (χ2n) is 4.76. The summed E-state index contributed by atoms with van der Waals surface area (Å²) in [5, 5.41) is 8.31. The topological polar surface area (TPSA) is 51.0 Å². The zero-order valence-electron chi connectivity index (χ0n) is 10.2. The number of rotatable bonds is 4. The second kappa shape index (κ2) is 5.49. The van der Waals surface area contributed by atoms with E-state index in [0.717, 1.165) is 25.1 Å². The highest BCUT2D eigenvalue weighted by atomic mass is 35.5. The van der Waals surface area contributed by atoms with Crippen molar-refractivity contribution in [3.63, 3.8) is 0 Å². The number of nitrogens with zero attached hydrogens (tertiary/aromatic N) is 2. The first-order chi connectivity index (χ1) is 9.20. The summed E-state index contributed by atoms with van der Waals surface area (Å²) in [5.74, 6) is 2.01. The molecule has 1 fully saturated rings. The molecule has 100 valence electrons. The van der Waals surface area contributed by atoms with E-state index in [1.165, 1.54) is 0 Å². The molecule has 4 nitrogen and oxygen atoms in total. The molecular weight excluding hydrogens is 285 g/mol. The molecule has 0 bridgehead atoms. The molecule has 1 aliphatic rings. The average molecular weight is 298 g/mol. The van der Waals surface area contributed by atoms with Crippen molar-refractivity contribution in [2.75, 3.05) is 13.1 Å². The van der Waals surface area contributed by atoms with Crippen molar-refractivity contribution in [1.29, 1.82) is 0 Å². The van der Waals surface area contributed by atoms with Crippen molar-refractivity contribution in [1.82, 2.24) is 15.5 Å². The summed E-state index contributed by atoms with van der Waals surface area (Å²) < 4.78 is 5.25. The summed E-state index contributed by atoms with van der Waals surface area (Å²) in [5.41, 5.74) is 1.02. The van der Waals surface area contributed by atoms with Gasteiger partial charge >= 0.3 is 0 Å². The third-order valence-electron chi connectivity index (χ3n) is 3.19. The van der Waals surface area contributed by atoms with Crippen LogP contribution in [-0.2, 0) is 12.8 Å². The number of nitrogens with one attached hydrogen (secondary N) is 1. The third-order valence-corrected chi connectivity index (χ3v) is 3.92. The molecule has 0 saturated carbocycles. The van der Waals surface area contributed by atoms with Gasteiger partial charge in [-0.05, 0) is 36.7 Å². The Hall–Kier alpha value is -1.10. The van der Waals surface area contributed by atoms with Gasteiger partial charge in [0.25, 0.3) is 0 Å². The van der Waals surface area contributed by atoms with Gasteiger partial charge in [-0.2, -0.15) is 4.98 Å². The second-order valence-corrected chi connectivity index (χ2v) is 5.57. The van der Waals surface area contributed by atoms with Crippen molar-refractivity contribution in [3.8, 4) is 0 Å². The van der Waals surface area contributed by atoms with Crippen LogP contribution in [0.25, 0.3) is 0 Å². The Balaban J connectivity index is 1.67. The first-order valence-corrected chi connectivity index (χ1v) is 6.92. The van der Waals surface area contributed by atoms with E-state index in [9.17, 15) is 0 Å². The number of halogens is 2. The first-order valence-electron chi connectivity index (χ1n) is 6.17. The van der Waals surface area contributed by atoms with E-state index < -0.39 is 0 Å². The smallest absolute Gasteiger partial charge is 0.227 e. The Morgan fingerprint density at radius 2 is 2.11 bits per heavy atom. The number of hydrogen-bond acceptors (Lipinski definition) is 4. The fourth-order valence-corrected chi connectivity index (χ4v) is 2.34. The van der Waals surface area contributed by atoms with Gasteiger partial charge in [0.2, 0.25) is 5.89 Å². The molecule has 0 atom stereocenters. The van der Waals surface area contributed by atoms with Crippen molar-refractivity contribution in [2.45, 2.75) is 12.8 Å². The van der Waals surface area contributed by atoms with E-state index in [0.29, 0.717) is 34.1 Å². The summed E-state index contributed by atoms with van der Waals surface area (Å²) in [6, 6.07) is 5.52. The molecule has 2 aromatic rings. The van der Waals surface area contributed by atoms with E-state index >= 15 is 0 Å². The monoisotopic (exact) mass is 297 g/mol. The zero-order valence-corrected chi connectivity index (χ0v) is 11.7. The summed E-state index contributed by atoms with van der Waals surface area (Å²) >= 11 is 11.9. The van der Waals surface area contributed by atoms with Crippen LogP contribution in [0, 0.1) is 5.92 Å². The van der Waals surface area contributed by atoms with E-state index in [1.54, 1.807) is 6.07 Å². The molecule has 1 aliphatic heterocycles. The Bertz CT molecular complexity index is 581. The lowest BCUT2D eigenvalue weighted by molar-refractivity contribution is 0.295. The van der Waals surface area contributed by atoms with Crippen LogP contribution in [0.3, 0.4) is 0 Å². The van der Waals surface area contributed by atoms with Gasteiger partial charge in [0.15, 0.2) is 5.82 Å². The predicted molar refractivity (Wildman–Crippen MR) is 73.6 cm³/mol. The minimum Gasteiger partial charge on any atom is -0.339 e. The van der Waals surface area contributed by atoms with Crippen LogP contribution in [0.2, 0.25) is 10.0 Å². The Labute approximate surface area is 121 Å². The minimum absolute atomic E-state index is 0.545. The highest BCUT2D eigenvalue weighted by Crippen LogP contribution is 2.23. The van der Waals surface area contributed by atoms with Crippen LogP contribution in [0.4, 0.5) is 0 Å². The van der Waals surface area contributed by atoms with Gasteiger partial charge < -0.3 is 9.84 Å². The maximum absolute atomic E-state index is 5.98. The quantitative estimate of drug-likeness (QED) is 0.943. The van der Waals surface area contributed by atoms with Crippen LogP contribution in [0.5, 0.6) is 0 Å². The lowest BCUT2D eigenvalue weighted by atomic mass is 10.00. The molecule has 1 aromatic carbocycles. The first kappa shape index (κ1) is 12.9. The minimum atomic E-state index is 0.545. The van der Waals surface area contributed by atoms with Crippen LogP contribution >= 0.6 is 23.2 Å². The normalized spacial score (nSPS) is 15.5. The van der Waals surface area contributed by atoms with Crippen molar-refractivity contribution < 1.29 is 4.52 Å². The van der Waals surface area contributed by atoms with Crippen molar-refractivity contribution >= 4 is 23.2 Å². The molecule has 0 spiro atoms. The number of aromatic nitrogens is 2. The van der Waals surface area contributed by atoms with E-state index in [-0.39, 0.29) is 0 Å². The lowest BCUT2D eigenvalue weighted by Gasteiger charge is -2.25. The predicted octanol–water partition coefficient (Wildman–Crippen LogP) is 2.73. The average Bonchev–Trinajstić information content (AvgIpc) is 2.76. The van der Waals surface area contributed by atoms with Crippen LogP contribution in [-0.4, -0.2) is 23.2 Å². The Morgan fingerprint density at radius 3 is 2.79 bits per heavy atom. The Kier molecular flexibility index (Phi) is 3.73. The molecule has 6 heteroatoms. The zero-order chi connectivity index (χ0) is 13.2. The maximum Gasteiger partial charge on any atom is 0.227 e. The van der Waals surface area contributed by atoms with Crippen molar-refractivity contribution in [2.24, 2.45) is 5.92 Å². The standard InChI is InChI=1S/C13H13Cl2N3O/c14-10-2-1-8(3-11(10)15)4-12-17-13(19-18-12)5-9-6-16-7-9/h1-3,9,16H,4-7H2. The van der Waals surface area contributed by atoms with Gasteiger partial charge in [0.05, 0.1) is 10.0 Å². The molecule has 1 saturated heterocycles. The summed E-state index contributed by atoms with van der Waals surface area (Å²) in [6.07, 6.45) is 1.45. The van der Waals surface area contributed by atoms with Gasteiger partial charge in [0, 0.05) is 12.8 Å². The third kappa shape index (κ3) is 3.08. The molecule has 1 N–H and O–H groups in total. The lowest BCUT2D eigenvalue weighted by Crippen LogP contribution is -2.43. The largest absolute Gasteiger partial charge is 0.339 e. The molecule has 0 aliphatic carbocycles. The summed E-state index contributed by atoms with van der Waals surface area (Å²) in [4.78, 5) is 4.40. The fraction of sp³-hybridized carbons (Fsp3) is 0.385. The van der Waals surface area contributed by atoms with E-state index in [1.807, 2.05) is 12.1 Å². The highest BCUT2D eigenvalue weighted by molar-refractivity contribution is 6.42. The molecule has 0 amide bonds. The molecule has 0 unspecified atom stereocenters. The van der Waals surface area contributed by atoms with Gasteiger partial charge in [-0.3, -0.25) is 0 Å². The number of benzene rings is 1. The van der Waals surface area contributed by atoms with Crippen LogP contribution < -0.4 is 5.32 Å². The van der Waals surface area contributed by atoms with E-state index in [4.69, 9.17) is 27.7 Å². The molecule has 19 heavy (non-hydrogen) atoms. The van der Waals surface area contributed by atoms with Crippen molar-refractivity contribution in [3.05, 3.63) is 45.5 Å². The highest BCUT2D eigenvalue weighted by Gasteiger charge is 2.20. The molecule has 1 aromatic heterocycles. The Morgan fingerprint density at radius 1 is 1.26 bits per heavy atom. The summed E-state index contributed by atoms with van der Waals surface area (Å²) in [6.45, 7) is 2.06. The van der Waals surface area contributed by atoms with Crippen LogP contribution in [0.1, 0.15) is 17.3 Å². The fourth-order valence-electron chi connectivity index (χ4n) is 2.02. The molecule has 2 heterocycles. The van der Waals surface area contributed by atoms with E-state index in [2.05, 4.69) is 15.5 Å². The van der Waals surface area contributed by atoms with Gasteiger partial charge in [0.1, 0.15) is 0 Å².